The zero-order chi connectivity index (χ0) is 8.67. The van der Waals surface area contributed by atoms with Gasteiger partial charge in [-0.2, -0.15) is 0 Å². The summed E-state index contributed by atoms with van der Waals surface area (Å²) >= 11 is 0. The standard InChI is InChI=1S/C11H14N2/c1-2-9(3-1)11-12-7-6-10(13-11)8-4-5-8/h6-9H,1-5H2. The summed E-state index contributed by atoms with van der Waals surface area (Å²) in [4.78, 5) is 9.01. The molecule has 0 aliphatic heterocycles. The highest BCUT2D eigenvalue weighted by Crippen LogP contribution is 2.40. The molecule has 0 amide bonds. The number of rotatable bonds is 2. The molecule has 2 fully saturated rings. The van der Waals surface area contributed by atoms with Crippen LogP contribution >= 0.6 is 0 Å². The van der Waals surface area contributed by atoms with Gasteiger partial charge in [-0.1, -0.05) is 6.42 Å². The summed E-state index contributed by atoms with van der Waals surface area (Å²) in [6, 6.07) is 2.08. The summed E-state index contributed by atoms with van der Waals surface area (Å²) in [5, 5.41) is 0. The van der Waals surface area contributed by atoms with Crippen molar-refractivity contribution in [3.8, 4) is 0 Å². The van der Waals surface area contributed by atoms with Crippen molar-refractivity contribution in [2.75, 3.05) is 0 Å². The fourth-order valence-electron chi connectivity index (χ4n) is 1.86. The first kappa shape index (κ1) is 7.48. The van der Waals surface area contributed by atoms with E-state index >= 15 is 0 Å². The van der Waals surface area contributed by atoms with E-state index in [1.165, 1.54) is 37.8 Å². The van der Waals surface area contributed by atoms with Gasteiger partial charge < -0.3 is 0 Å². The Morgan fingerprint density at radius 3 is 2.54 bits per heavy atom. The van der Waals surface area contributed by atoms with E-state index in [-0.39, 0.29) is 0 Å². The van der Waals surface area contributed by atoms with Crippen LogP contribution in [0.3, 0.4) is 0 Å². The van der Waals surface area contributed by atoms with E-state index in [1.54, 1.807) is 0 Å². The lowest BCUT2D eigenvalue weighted by Gasteiger charge is -2.23. The Morgan fingerprint density at radius 1 is 1.08 bits per heavy atom. The predicted molar refractivity (Wildman–Crippen MR) is 50.6 cm³/mol. The first-order chi connectivity index (χ1) is 6.43. The molecule has 0 atom stereocenters. The maximum Gasteiger partial charge on any atom is 0.131 e. The quantitative estimate of drug-likeness (QED) is 0.688. The smallest absolute Gasteiger partial charge is 0.131 e. The second-order valence-electron chi connectivity index (χ2n) is 4.24. The fourth-order valence-corrected chi connectivity index (χ4v) is 1.86. The second-order valence-corrected chi connectivity index (χ2v) is 4.24. The van der Waals surface area contributed by atoms with Gasteiger partial charge in [0.05, 0.1) is 0 Å². The molecule has 3 rings (SSSR count). The van der Waals surface area contributed by atoms with E-state index in [1.807, 2.05) is 6.20 Å². The van der Waals surface area contributed by atoms with E-state index in [0.717, 1.165) is 11.7 Å². The van der Waals surface area contributed by atoms with E-state index in [2.05, 4.69) is 16.0 Å². The Balaban J connectivity index is 1.87. The highest BCUT2D eigenvalue weighted by atomic mass is 14.9. The van der Waals surface area contributed by atoms with Gasteiger partial charge in [0.25, 0.3) is 0 Å². The summed E-state index contributed by atoms with van der Waals surface area (Å²) in [5.74, 6) is 2.55. The summed E-state index contributed by atoms with van der Waals surface area (Å²) in [7, 11) is 0. The molecule has 1 heterocycles. The van der Waals surface area contributed by atoms with Crippen molar-refractivity contribution >= 4 is 0 Å². The molecule has 2 aliphatic rings. The van der Waals surface area contributed by atoms with Crippen molar-refractivity contribution in [2.45, 2.75) is 43.9 Å². The van der Waals surface area contributed by atoms with Crippen LogP contribution in [0.2, 0.25) is 0 Å². The normalized spacial score (nSPS) is 22.8. The Labute approximate surface area is 78.4 Å². The van der Waals surface area contributed by atoms with Crippen molar-refractivity contribution in [3.63, 3.8) is 0 Å². The van der Waals surface area contributed by atoms with Crippen LogP contribution in [0, 0.1) is 0 Å². The minimum atomic E-state index is 0.679. The molecule has 0 spiro atoms. The minimum Gasteiger partial charge on any atom is -0.241 e. The largest absolute Gasteiger partial charge is 0.241 e. The summed E-state index contributed by atoms with van der Waals surface area (Å²) in [6.45, 7) is 0. The molecule has 0 saturated heterocycles. The number of hydrogen-bond donors (Lipinski definition) is 0. The average Bonchev–Trinajstić information content (AvgIpc) is 2.83. The van der Waals surface area contributed by atoms with Crippen molar-refractivity contribution in [1.29, 1.82) is 0 Å². The zero-order valence-electron chi connectivity index (χ0n) is 7.74. The molecule has 1 aromatic rings. The minimum absolute atomic E-state index is 0.679. The van der Waals surface area contributed by atoms with E-state index in [9.17, 15) is 0 Å². The van der Waals surface area contributed by atoms with Gasteiger partial charge in [0.2, 0.25) is 0 Å². The second kappa shape index (κ2) is 2.79. The van der Waals surface area contributed by atoms with Crippen LogP contribution in [-0.4, -0.2) is 9.97 Å². The highest BCUT2D eigenvalue weighted by Gasteiger charge is 2.27. The topological polar surface area (TPSA) is 25.8 Å². The Kier molecular flexibility index (Phi) is 1.61. The van der Waals surface area contributed by atoms with Gasteiger partial charge in [-0.15, -0.1) is 0 Å². The molecule has 0 aromatic carbocycles. The van der Waals surface area contributed by atoms with Crippen LogP contribution in [0.1, 0.15) is 55.5 Å². The maximum absolute atomic E-state index is 4.65. The SMILES string of the molecule is c1cc(C2CC2)nc(C2CCC2)n1. The number of aromatic nitrogens is 2. The van der Waals surface area contributed by atoms with Crippen LogP contribution in [0.15, 0.2) is 12.3 Å². The molecule has 0 radical (unpaired) electrons. The molecule has 2 aliphatic carbocycles. The number of nitrogens with zero attached hydrogens (tertiary/aromatic N) is 2. The van der Waals surface area contributed by atoms with Gasteiger partial charge in [0, 0.05) is 23.7 Å². The molecule has 68 valence electrons. The highest BCUT2D eigenvalue weighted by molar-refractivity contribution is 5.15. The molecule has 0 unspecified atom stereocenters. The van der Waals surface area contributed by atoms with Crippen molar-refractivity contribution < 1.29 is 0 Å². The summed E-state index contributed by atoms with van der Waals surface area (Å²) in [5.41, 5.74) is 1.29. The lowest BCUT2D eigenvalue weighted by atomic mass is 9.85. The number of hydrogen-bond acceptors (Lipinski definition) is 2. The molecule has 1 aromatic heterocycles. The van der Waals surface area contributed by atoms with Crippen molar-refractivity contribution in [2.24, 2.45) is 0 Å². The van der Waals surface area contributed by atoms with Gasteiger partial charge in [-0.05, 0) is 31.7 Å². The third-order valence-corrected chi connectivity index (χ3v) is 3.16. The van der Waals surface area contributed by atoms with Gasteiger partial charge in [0.1, 0.15) is 5.82 Å². The van der Waals surface area contributed by atoms with Crippen LogP contribution in [0.4, 0.5) is 0 Å². The van der Waals surface area contributed by atoms with Gasteiger partial charge in [0.15, 0.2) is 0 Å². The van der Waals surface area contributed by atoms with Crippen LogP contribution in [0.5, 0.6) is 0 Å². The maximum atomic E-state index is 4.65. The average molecular weight is 174 g/mol. The lowest BCUT2D eigenvalue weighted by Crippen LogP contribution is -2.13. The monoisotopic (exact) mass is 174 g/mol. The molecule has 2 saturated carbocycles. The third-order valence-electron chi connectivity index (χ3n) is 3.16. The van der Waals surface area contributed by atoms with E-state index < -0.39 is 0 Å². The van der Waals surface area contributed by atoms with Crippen LogP contribution < -0.4 is 0 Å². The lowest BCUT2D eigenvalue weighted by molar-refractivity contribution is 0.400. The molecular formula is C11H14N2. The van der Waals surface area contributed by atoms with Gasteiger partial charge in [-0.3, -0.25) is 0 Å². The van der Waals surface area contributed by atoms with E-state index in [0.29, 0.717) is 5.92 Å². The van der Waals surface area contributed by atoms with Crippen LogP contribution in [0.25, 0.3) is 0 Å². The fraction of sp³-hybridized carbons (Fsp3) is 0.636. The van der Waals surface area contributed by atoms with Crippen molar-refractivity contribution in [1.82, 2.24) is 9.97 Å². The molecule has 2 heteroatoms. The summed E-state index contributed by atoms with van der Waals surface area (Å²) in [6.07, 6.45) is 8.57. The van der Waals surface area contributed by atoms with E-state index in [4.69, 9.17) is 0 Å². The van der Waals surface area contributed by atoms with Gasteiger partial charge in [-0.25, -0.2) is 9.97 Å². The molecule has 0 N–H and O–H groups in total. The predicted octanol–water partition coefficient (Wildman–Crippen LogP) is 2.62. The zero-order valence-corrected chi connectivity index (χ0v) is 7.74. The Morgan fingerprint density at radius 2 is 1.92 bits per heavy atom. The van der Waals surface area contributed by atoms with Gasteiger partial charge >= 0.3 is 0 Å². The Bertz CT molecular complexity index is 314. The molecule has 0 bridgehead atoms. The van der Waals surface area contributed by atoms with Crippen LogP contribution in [-0.2, 0) is 0 Å². The summed E-state index contributed by atoms with van der Waals surface area (Å²) < 4.78 is 0. The molecule has 2 nitrogen and oxygen atoms in total. The first-order valence-corrected chi connectivity index (χ1v) is 5.26. The van der Waals surface area contributed by atoms with Crippen molar-refractivity contribution in [3.05, 3.63) is 23.8 Å². The first-order valence-electron chi connectivity index (χ1n) is 5.26. The Hall–Kier alpha value is -0.920. The molecule has 13 heavy (non-hydrogen) atoms. The molecular weight excluding hydrogens is 160 g/mol. The third kappa shape index (κ3) is 1.34.